The van der Waals surface area contributed by atoms with E-state index in [1.54, 1.807) is 7.11 Å². The summed E-state index contributed by atoms with van der Waals surface area (Å²) in [4.78, 5) is 38.8. The van der Waals surface area contributed by atoms with Gasteiger partial charge in [-0.05, 0) is 67.5 Å². The number of carbonyl (C=O) groups excluding carboxylic acids is 2. The van der Waals surface area contributed by atoms with Crippen molar-refractivity contribution in [3.8, 4) is 11.5 Å². The van der Waals surface area contributed by atoms with E-state index in [1.165, 1.54) is 4.90 Å². The second kappa shape index (κ2) is 12.6. The molecular formula is C29H35ClN2O6. The number of carboxylic acid groups (broad SMARTS) is 1. The van der Waals surface area contributed by atoms with Gasteiger partial charge in [-0.2, -0.15) is 0 Å². The highest BCUT2D eigenvalue weighted by Gasteiger charge is 2.32. The molecule has 3 atom stereocenters. The number of ether oxygens (including phenoxy) is 2. The molecule has 1 saturated carbocycles. The number of carbonyl (C=O) groups is 3. The van der Waals surface area contributed by atoms with Crippen LogP contribution >= 0.6 is 11.6 Å². The van der Waals surface area contributed by atoms with Gasteiger partial charge in [0.05, 0.1) is 19.6 Å². The molecule has 9 heteroatoms. The molecule has 1 aliphatic carbocycles. The minimum absolute atomic E-state index is 0.0913. The fourth-order valence-corrected chi connectivity index (χ4v) is 5.52. The van der Waals surface area contributed by atoms with Crippen LogP contribution in [0.5, 0.6) is 11.5 Å². The van der Waals surface area contributed by atoms with Gasteiger partial charge in [-0.1, -0.05) is 29.8 Å². The minimum atomic E-state index is -0.705. The normalized spacial score (nSPS) is 20.3. The molecule has 4 rings (SSSR count). The zero-order valence-electron chi connectivity index (χ0n) is 21.9. The minimum Gasteiger partial charge on any atom is -0.493 e. The first kappa shape index (κ1) is 27.9. The molecule has 0 aromatic heterocycles. The van der Waals surface area contributed by atoms with Crippen LogP contribution in [0.25, 0.3) is 0 Å². The third kappa shape index (κ3) is 6.85. The molecule has 2 aromatic carbocycles. The topological polar surface area (TPSA) is 96.4 Å². The maximum Gasteiger partial charge on any atom is 0.306 e. The Morgan fingerprint density at radius 2 is 1.82 bits per heavy atom. The Kier molecular flexibility index (Phi) is 9.28. The van der Waals surface area contributed by atoms with Crippen molar-refractivity contribution in [3.05, 3.63) is 58.6 Å². The van der Waals surface area contributed by atoms with E-state index in [2.05, 4.69) is 11.8 Å². The number of rotatable bonds is 12. The van der Waals surface area contributed by atoms with Crippen LogP contribution in [0.3, 0.4) is 0 Å². The lowest BCUT2D eigenvalue weighted by Crippen LogP contribution is -2.33. The predicted octanol–water partition coefficient (Wildman–Crippen LogP) is 4.94. The Labute approximate surface area is 228 Å². The van der Waals surface area contributed by atoms with Crippen LogP contribution in [0.1, 0.15) is 56.2 Å². The zero-order valence-corrected chi connectivity index (χ0v) is 22.7. The Morgan fingerprint density at radius 3 is 2.45 bits per heavy atom. The second-order valence-electron chi connectivity index (χ2n) is 10.1. The van der Waals surface area contributed by atoms with Gasteiger partial charge in [-0.15, -0.1) is 0 Å². The number of hydrogen-bond acceptors (Lipinski definition) is 6. The SMILES string of the molecule is COc1cc(CN(C[C@@H]2CC[C@H](C(=O)O)C2)C(C)c2ccc(Cl)cc2)ccc1OCCN1C(=O)CCC1=O. The number of aliphatic carboxylic acids is 1. The first-order chi connectivity index (χ1) is 18.2. The number of halogens is 1. The van der Waals surface area contributed by atoms with Gasteiger partial charge in [0.2, 0.25) is 11.8 Å². The van der Waals surface area contributed by atoms with E-state index in [1.807, 2.05) is 42.5 Å². The van der Waals surface area contributed by atoms with Crippen LogP contribution in [0.2, 0.25) is 5.02 Å². The van der Waals surface area contributed by atoms with Crippen molar-refractivity contribution in [2.24, 2.45) is 11.8 Å². The third-order valence-electron chi connectivity index (χ3n) is 7.62. The van der Waals surface area contributed by atoms with Crippen molar-refractivity contribution in [1.29, 1.82) is 0 Å². The van der Waals surface area contributed by atoms with Gasteiger partial charge in [-0.3, -0.25) is 24.2 Å². The van der Waals surface area contributed by atoms with E-state index in [0.717, 1.165) is 30.5 Å². The molecule has 2 aromatic rings. The highest BCUT2D eigenvalue weighted by atomic mass is 35.5. The number of likely N-dealkylation sites (tertiary alicyclic amines) is 1. The molecule has 1 unspecified atom stereocenters. The summed E-state index contributed by atoms with van der Waals surface area (Å²) in [6, 6.07) is 13.7. The first-order valence-electron chi connectivity index (χ1n) is 13.1. The smallest absolute Gasteiger partial charge is 0.306 e. The Morgan fingerprint density at radius 1 is 1.11 bits per heavy atom. The van der Waals surface area contributed by atoms with Crippen LogP contribution in [-0.4, -0.2) is 59.5 Å². The predicted molar refractivity (Wildman–Crippen MR) is 143 cm³/mol. The van der Waals surface area contributed by atoms with Crippen molar-refractivity contribution in [1.82, 2.24) is 9.80 Å². The van der Waals surface area contributed by atoms with Gasteiger partial charge < -0.3 is 14.6 Å². The van der Waals surface area contributed by atoms with Gasteiger partial charge in [0.1, 0.15) is 6.61 Å². The summed E-state index contributed by atoms with van der Waals surface area (Å²) in [7, 11) is 1.58. The average Bonchev–Trinajstić information content (AvgIpc) is 3.51. The van der Waals surface area contributed by atoms with E-state index in [4.69, 9.17) is 21.1 Å². The van der Waals surface area contributed by atoms with Gasteiger partial charge in [0, 0.05) is 37.0 Å². The second-order valence-corrected chi connectivity index (χ2v) is 10.6. The van der Waals surface area contributed by atoms with Crippen molar-refractivity contribution < 1.29 is 29.0 Å². The molecule has 0 bridgehead atoms. The fraction of sp³-hybridized carbons (Fsp3) is 0.483. The van der Waals surface area contributed by atoms with Gasteiger partial charge >= 0.3 is 5.97 Å². The lowest BCUT2D eigenvalue weighted by atomic mass is 10.0. The van der Waals surface area contributed by atoms with E-state index >= 15 is 0 Å². The summed E-state index contributed by atoms with van der Waals surface area (Å²) < 4.78 is 11.5. The van der Waals surface area contributed by atoms with Crippen molar-refractivity contribution >= 4 is 29.4 Å². The van der Waals surface area contributed by atoms with Crippen LogP contribution < -0.4 is 9.47 Å². The number of amides is 2. The fourth-order valence-electron chi connectivity index (χ4n) is 5.39. The molecular weight excluding hydrogens is 508 g/mol. The molecule has 2 aliphatic rings. The molecule has 2 amide bonds. The summed E-state index contributed by atoms with van der Waals surface area (Å²) in [6.07, 6.45) is 2.84. The first-order valence-corrected chi connectivity index (χ1v) is 13.5. The molecule has 0 spiro atoms. The largest absolute Gasteiger partial charge is 0.493 e. The zero-order chi connectivity index (χ0) is 27.2. The van der Waals surface area contributed by atoms with Gasteiger partial charge in [-0.25, -0.2) is 0 Å². The van der Waals surface area contributed by atoms with Gasteiger partial charge in [0.15, 0.2) is 11.5 Å². The summed E-state index contributed by atoms with van der Waals surface area (Å²) in [5.41, 5.74) is 2.17. The number of benzene rings is 2. The van der Waals surface area contributed by atoms with Crippen molar-refractivity contribution in [3.63, 3.8) is 0 Å². The quantitative estimate of drug-likeness (QED) is 0.379. The van der Waals surface area contributed by atoms with Crippen molar-refractivity contribution in [2.45, 2.75) is 51.6 Å². The number of carboxylic acids is 1. The van der Waals surface area contributed by atoms with E-state index in [0.29, 0.717) is 35.4 Å². The molecule has 1 N–H and O–H groups in total. The Hall–Kier alpha value is -3.10. The van der Waals surface area contributed by atoms with Gasteiger partial charge in [0.25, 0.3) is 0 Å². The number of methoxy groups -OCH3 is 1. The monoisotopic (exact) mass is 542 g/mol. The average molecular weight is 543 g/mol. The summed E-state index contributed by atoms with van der Waals surface area (Å²) >= 11 is 6.11. The standard InChI is InChI=1S/C29H35ClN2O6/c1-19(22-6-8-24(30)9-7-22)31(17-20-3-5-23(15-20)29(35)36)18-21-4-10-25(26(16-21)37-2)38-14-13-32-27(33)11-12-28(32)34/h4,6-10,16,19-20,23H,3,5,11-15,17-18H2,1-2H3,(H,35,36)/t19?,20-,23+/m1/s1. The molecule has 38 heavy (non-hydrogen) atoms. The number of imide groups is 1. The maximum atomic E-state index is 11.8. The van der Waals surface area contributed by atoms with Crippen molar-refractivity contribution in [2.75, 3.05) is 26.8 Å². The lowest BCUT2D eigenvalue weighted by molar-refractivity contribution is -0.142. The third-order valence-corrected chi connectivity index (χ3v) is 7.88. The molecule has 0 radical (unpaired) electrons. The Bertz CT molecular complexity index is 1140. The number of hydrogen-bond donors (Lipinski definition) is 1. The van der Waals surface area contributed by atoms with E-state index < -0.39 is 5.97 Å². The van der Waals surface area contributed by atoms with Crippen LogP contribution in [0.15, 0.2) is 42.5 Å². The van der Waals surface area contributed by atoms with Crippen LogP contribution in [0.4, 0.5) is 0 Å². The maximum absolute atomic E-state index is 11.8. The number of nitrogens with zero attached hydrogens (tertiary/aromatic N) is 2. The lowest BCUT2D eigenvalue weighted by Gasteiger charge is -2.32. The molecule has 204 valence electrons. The summed E-state index contributed by atoms with van der Waals surface area (Å²) in [6.45, 7) is 3.99. The molecule has 2 fully saturated rings. The highest BCUT2D eigenvalue weighted by molar-refractivity contribution is 6.30. The van der Waals surface area contributed by atoms with E-state index in [-0.39, 0.29) is 49.8 Å². The van der Waals surface area contributed by atoms with Crippen LogP contribution in [-0.2, 0) is 20.9 Å². The Balaban J connectivity index is 1.46. The van der Waals surface area contributed by atoms with E-state index in [9.17, 15) is 19.5 Å². The van der Waals surface area contributed by atoms with Crippen LogP contribution in [0, 0.1) is 11.8 Å². The summed E-state index contributed by atoms with van der Waals surface area (Å²) in [5.74, 6) is 0.144. The molecule has 1 aliphatic heterocycles. The summed E-state index contributed by atoms with van der Waals surface area (Å²) in [5, 5.41) is 10.1. The highest BCUT2D eigenvalue weighted by Crippen LogP contribution is 2.35. The molecule has 1 heterocycles. The molecule has 8 nitrogen and oxygen atoms in total. The molecule has 1 saturated heterocycles.